The third kappa shape index (κ3) is 6.00. The van der Waals surface area contributed by atoms with Crippen molar-refractivity contribution < 1.29 is 28.9 Å². The molecular weight excluding hydrogens is 504 g/mol. The lowest BCUT2D eigenvalue weighted by Crippen LogP contribution is -2.59. The molecule has 0 amide bonds. The Bertz CT molecular complexity index is 901. The fraction of sp³-hybridized carbons (Fsp3) is 0.941. The van der Waals surface area contributed by atoms with Gasteiger partial charge in [0.15, 0.2) is 6.29 Å². The first-order valence-corrected chi connectivity index (χ1v) is 16.5. The van der Waals surface area contributed by atoms with Crippen molar-refractivity contribution >= 4 is 11.9 Å². The molecule has 4 fully saturated rings. The SMILES string of the molecule is CCOC(C)OC(=O)CCC(C)C1CCC2C3C(O)CC4CC(OC(=O)C(C)(C)CC)CC[C@]4(C)C3CC[C@]12C. The van der Waals surface area contributed by atoms with Crippen LogP contribution in [0.5, 0.6) is 0 Å². The van der Waals surface area contributed by atoms with Crippen LogP contribution in [0.3, 0.4) is 0 Å². The third-order valence-electron chi connectivity index (χ3n) is 12.6. The summed E-state index contributed by atoms with van der Waals surface area (Å²) in [6.45, 7) is 17.5. The van der Waals surface area contributed by atoms with E-state index in [9.17, 15) is 14.7 Å². The standard InChI is InChI=1S/C34H58O6/c1-9-32(5,6)31(37)40-24-15-17-33(7)23(19-24)20-28(35)30-26-13-12-25(34(26,8)18-16-27(30)33)21(3)11-14-29(36)39-22(4)38-10-2/h21-28,30,35H,9-20H2,1-8H3/t21?,22?,23?,24?,25?,26?,27?,28?,30?,33-,34+/m0/s1. The van der Waals surface area contributed by atoms with E-state index in [4.69, 9.17) is 14.2 Å². The highest BCUT2D eigenvalue weighted by Gasteiger charge is 2.63. The van der Waals surface area contributed by atoms with Gasteiger partial charge in [0.05, 0.1) is 11.5 Å². The lowest BCUT2D eigenvalue weighted by atomic mass is 9.43. The maximum Gasteiger partial charge on any atom is 0.311 e. The Morgan fingerprint density at radius 3 is 2.33 bits per heavy atom. The molecule has 40 heavy (non-hydrogen) atoms. The first kappa shape index (κ1) is 31.8. The molecule has 0 heterocycles. The van der Waals surface area contributed by atoms with Crippen LogP contribution in [0.25, 0.3) is 0 Å². The molecule has 0 bridgehead atoms. The van der Waals surface area contributed by atoms with Gasteiger partial charge in [-0.3, -0.25) is 9.59 Å². The second-order valence-corrected chi connectivity index (χ2v) is 15.1. The average Bonchev–Trinajstić information content (AvgIpc) is 3.25. The number of ether oxygens (including phenoxy) is 3. The summed E-state index contributed by atoms with van der Waals surface area (Å²) in [6, 6.07) is 0. The van der Waals surface area contributed by atoms with Crippen molar-refractivity contribution in [3.63, 3.8) is 0 Å². The maximum atomic E-state index is 12.8. The molecular formula is C34H58O6. The molecule has 0 aromatic rings. The molecule has 0 saturated heterocycles. The van der Waals surface area contributed by atoms with Crippen LogP contribution in [0.4, 0.5) is 0 Å². The number of hydrogen-bond acceptors (Lipinski definition) is 6. The van der Waals surface area contributed by atoms with Crippen LogP contribution in [0.15, 0.2) is 0 Å². The Balaban J connectivity index is 1.39. The molecule has 4 aliphatic rings. The van der Waals surface area contributed by atoms with E-state index in [1.54, 1.807) is 6.92 Å². The van der Waals surface area contributed by atoms with Crippen molar-refractivity contribution in [3.8, 4) is 0 Å². The van der Waals surface area contributed by atoms with Crippen molar-refractivity contribution in [1.29, 1.82) is 0 Å². The second-order valence-electron chi connectivity index (χ2n) is 15.1. The fourth-order valence-electron chi connectivity index (χ4n) is 9.78. The van der Waals surface area contributed by atoms with E-state index in [1.165, 1.54) is 25.7 Å². The molecule has 6 heteroatoms. The smallest absolute Gasteiger partial charge is 0.311 e. The molecule has 4 saturated carbocycles. The predicted molar refractivity (Wildman–Crippen MR) is 156 cm³/mol. The predicted octanol–water partition coefficient (Wildman–Crippen LogP) is 7.31. The summed E-state index contributed by atoms with van der Waals surface area (Å²) in [5.74, 6) is 2.61. The molecule has 6 nitrogen and oxygen atoms in total. The number of carbonyl (C=O) groups is 2. The summed E-state index contributed by atoms with van der Waals surface area (Å²) in [6.07, 6.45) is 9.77. The summed E-state index contributed by atoms with van der Waals surface area (Å²) in [4.78, 5) is 25.2. The lowest BCUT2D eigenvalue weighted by Gasteiger charge is -2.62. The van der Waals surface area contributed by atoms with E-state index in [0.29, 0.717) is 48.5 Å². The van der Waals surface area contributed by atoms with Gasteiger partial charge in [-0.15, -0.1) is 0 Å². The van der Waals surface area contributed by atoms with E-state index < -0.39 is 11.7 Å². The number of aliphatic hydroxyl groups excluding tert-OH is 1. The molecule has 11 atom stereocenters. The van der Waals surface area contributed by atoms with Crippen LogP contribution in [0, 0.1) is 51.8 Å². The van der Waals surface area contributed by atoms with Crippen LogP contribution >= 0.6 is 0 Å². The number of rotatable bonds is 10. The Morgan fingerprint density at radius 1 is 0.975 bits per heavy atom. The number of carbonyl (C=O) groups excluding carboxylic acids is 2. The van der Waals surface area contributed by atoms with Crippen LogP contribution in [-0.2, 0) is 23.8 Å². The summed E-state index contributed by atoms with van der Waals surface area (Å²) in [5.41, 5.74) is -0.0189. The molecule has 0 aromatic heterocycles. The molecule has 0 radical (unpaired) electrons. The van der Waals surface area contributed by atoms with Gasteiger partial charge in [0.2, 0.25) is 0 Å². The molecule has 0 aliphatic heterocycles. The van der Waals surface area contributed by atoms with Gasteiger partial charge in [-0.2, -0.15) is 0 Å². The summed E-state index contributed by atoms with van der Waals surface area (Å²) < 4.78 is 16.8. The molecule has 0 spiro atoms. The minimum absolute atomic E-state index is 0.0195. The topological polar surface area (TPSA) is 82.1 Å². The molecule has 4 aliphatic carbocycles. The zero-order valence-corrected chi connectivity index (χ0v) is 26.7. The zero-order chi connectivity index (χ0) is 29.5. The van der Waals surface area contributed by atoms with Crippen LogP contribution < -0.4 is 0 Å². The van der Waals surface area contributed by atoms with Gasteiger partial charge in [-0.05, 0) is 138 Å². The monoisotopic (exact) mass is 562 g/mol. The Hall–Kier alpha value is -1.14. The van der Waals surface area contributed by atoms with Crippen LogP contribution in [-0.4, -0.2) is 42.1 Å². The quantitative estimate of drug-likeness (QED) is 0.222. The average molecular weight is 563 g/mol. The number of aliphatic hydroxyl groups is 1. The van der Waals surface area contributed by atoms with E-state index in [0.717, 1.165) is 38.5 Å². The van der Waals surface area contributed by atoms with Gasteiger partial charge >= 0.3 is 11.9 Å². The summed E-state index contributed by atoms with van der Waals surface area (Å²) >= 11 is 0. The largest absolute Gasteiger partial charge is 0.462 e. The summed E-state index contributed by atoms with van der Waals surface area (Å²) in [5, 5.41) is 11.7. The third-order valence-corrected chi connectivity index (χ3v) is 12.6. The van der Waals surface area contributed by atoms with Gasteiger partial charge < -0.3 is 19.3 Å². The zero-order valence-electron chi connectivity index (χ0n) is 26.7. The molecule has 1 N–H and O–H groups in total. The van der Waals surface area contributed by atoms with Crippen molar-refractivity contribution in [2.45, 2.75) is 145 Å². The molecule has 0 aromatic carbocycles. The minimum atomic E-state index is -0.486. The van der Waals surface area contributed by atoms with E-state index in [2.05, 4.69) is 20.8 Å². The van der Waals surface area contributed by atoms with E-state index in [1.807, 2.05) is 27.7 Å². The first-order valence-electron chi connectivity index (χ1n) is 16.5. The molecule has 4 rings (SSSR count). The normalized spacial score (nSPS) is 40.8. The van der Waals surface area contributed by atoms with Gasteiger partial charge in [0.1, 0.15) is 6.10 Å². The van der Waals surface area contributed by atoms with Crippen molar-refractivity contribution in [3.05, 3.63) is 0 Å². The fourth-order valence-corrected chi connectivity index (χ4v) is 9.78. The highest BCUT2D eigenvalue weighted by atomic mass is 16.7. The highest BCUT2D eigenvalue weighted by Crippen LogP contribution is 2.68. The van der Waals surface area contributed by atoms with E-state index >= 15 is 0 Å². The van der Waals surface area contributed by atoms with Gasteiger partial charge in [0, 0.05) is 13.0 Å². The lowest BCUT2D eigenvalue weighted by molar-refractivity contribution is -0.186. The molecule has 230 valence electrons. The Kier molecular flexibility index (Phi) is 9.72. The maximum absolute atomic E-state index is 12.8. The Labute approximate surface area is 243 Å². The second kappa shape index (κ2) is 12.2. The number of esters is 2. The van der Waals surface area contributed by atoms with Crippen LogP contribution in [0.2, 0.25) is 0 Å². The van der Waals surface area contributed by atoms with Crippen molar-refractivity contribution in [1.82, 2.24) is 0 Å². The first-order chi connectivity index (χ1) is 18.8. The van der Waals surface area contributed by atoms with Gasteiger partial charge in [0.25, 0.3) is 0 Å². The van der Waals surface area contributed by atoms with Crippen LogP contribution in [0.1, 0.15) is 126 Å². The number of hydrogen-bond donors (Lipinski definition) is 1. The highest BCUT2D eigenvalue weighted by molar-refractivity contribution is 5.76. The van der Waals surface area contributed by atoms with E-state index in [-0.39, 0.29) is 35.0 Å². The molecule has 9 unspecified atom stereocenters. The Morgan fingerprint density at radius 2 is 1.65 bits per heavy atom. The van der Waals surface area contributed by atoms with Gasteiger partial charge in [-0.25, -0.2) is 0 Å². The number of fused-ring (bicyclic) bond motifs is 5. The van der Waals surface area contributed by atoms with Crippen molar-refractivity contribution in [2.24, 2.45) is 51.8 Å². The minimum Gasteiger partial charge on any atom is -0.462 e. The van der Waals surface area contributed by atoms with Crippen molar-refractivity contribution in [2.75, 3.05) is 6.61 Å². The van der Waals surface area contributed by atoms with Gasteiger partial charge in [-0.1, -0.05) is 27.7 Å². The summed E-state index contributed by atoms with van der Waals surface area (Å²) in [7, 11) is 0.